The first-order chi connectivity index (χ1) is 8.58. The molecule has 18 heavy (non-hydrogen) atoms. The molecule has 0 N–H and O–H groups in total. The Balaban J connectivity index is 2.04. The maximum Gasteiger partial charge on any atom is 0.214 e. The molecule has 96 valence electrons. The van der Waals surface area contributed by atoms with Crippen LogP contribution in [0.2, 0.25) is 0 Å². The van der Waals surface area contributed by atoms with Crippen molar-refractivity contribution in [1.29, 1.82) is 0 Å². The summed E-state index contributed by atoms with van der Waals surface area (Å²) in [5.41, 5.74) is 0.798. The number of ketones is 2. The third kappa shape index (κ3) is 3.35. The molecule has 1 saturated heterocycles. The van der Waals surface area contributed by atoms with E-state index in [1.54, 1.807) is 0 Å². The van der Waals surface area contributed by atoms with Gasteiger partial charge in [-0.1, -0.05) is 12.1 Å². The van der Waals surface area contributed by atoms with E-state index < -0.39 is 0 Å². The van der Waals surface area contributed by atoms with Gasteiger partial charge in [0.1, 0.15) is 17.3 Å². The van der Waals surface area contributed by atoms with Crippen LogP contribution in [-0.2, 0) is 15.7 Å². The number of halogens is 1. The van der Waals surface area contributed by atoms with Crippen LogP contribution in [0, 0.1) is 3.57 Å². The highest BCUT2D eigenvalue weighted by atomic mass is 127. The van der Waals surface area contributed by atoms with Gasteiger partial charge in [0.25, 0.3) is 0 Å². The molecule has 0 radical (unpaired) electrons. The van der Waals surface area contributed by atoms with Gasteiger partial charge in [0.2, 0.25) is 5.78 Å². The molecule has 1 aliphatic heterocycles. The van der Waals surface area contributed by atoms with Crippen LogP contribution in [0.4, 0.5) is 0 Å². The van der Waals surface area contributed by atoms with Crippen molar-refractivity contribution in [2.75, 3.05) is 11.5 Å². The monoisotopic (exact) mass is 375 g/mol. The largest absolute Gasteiger partial charge is 0.299 e. The van der Waals surface area contributed by atoms with Crippen LogP contribution in [-0.4, -0.2) is 28.3 Å². The Morgan fingerprint density at radius 3 is 2.33 bits per heavy atom. The molecule has 1 aromatic rings. The van der Waals surface area contributed by atoms with E-state index in [9.17, 15) is 9.59 Å². The molecule has 1 aliphatic rings. The van der Waals surface area contributed by atoms with Crippen LogP contribution in [0.5, 0.6) is 0 Å². The third-order valence-electron chi connectivity index (χ3n) is 3.28. The Bertz CT molecular complexity index is 445. The predicted octanol–water partition coefficient (Wildman–Crippen LogP) is 2.84. The molecular formula is C14H16IO2S+. The minimum absolute atomic E-state index is 0.0539. The Morgan fingerprint density at radius 1 is 1.22 bits per heavy atom. The van der Waals surface area contributed by atoms with E-state index in [-0.39, 0.29) is 21.9 Å². The SMILES string of the molecule is CC(C(=O)c1ccc(I)cc1)[S+]1CCC(=O)CC1. The highest BCUT2D eigenvalue weighted by Crippen LogP contribution is 2.20. The van der Waals surface area contributed by atoms with Crippen LogP contribution < -0.4 is 0 Å². The lowest BCUT2D eigenvalue weighted by Crippen LogP contribution is -2.36. The van der Waals surface area contributed by atoms with Crippen molar-refractivity contribution in [3.8, 4) is 0 Å². The molecule has 2 nitrogen and oxygen atoms in total. The second-order valence-electron chi connectivity index (χ2n) is 4.50. The van der Waals surface area contributed by atoms with Gasteiger partial charge >= 0.3 is 0 Å². The van der Waals surface area contributed by atoms with Gasteiger partial charge in [-0.25, -0.2) is 0 Å². The van der Waals surface area contributed by atoms with Crippen molar-refractivity contribution in [2.45, 2.75) is 25.0 Å². The number of carbonyl (C=O) groups excluding carboxylic acids is 2. The second kappa shape index (κ2) is 6.19. The molecule has 0 saturated carbocycles. The highest BCUT2D eigenvalue weighted by Gasteiger charge is 2.36. The van der Waals surface area contributed by atoms with Gasteiger partial charge in [0.05, 0.1) is 12.8 Å². The molecule has 0 bridgehead atoms. The van der Waals surface area contributed by atoms with E-state index in [1.165, 1.54) is 0 Å². The number of hydrogen-bond donors (Lipinski definition) is 0. The molecule has 0 spiro atoms. The number of rotatable bonds is 3. The molecule has 1 heterocycles. The summed E-state index contributed by atoms with van der Waals surface area (Å²) in [5.74, 6) is 2.38. The quantitative estimate of drug-likeness (QED) is 0.463. The lowest BCUT2D eigenvalue weighted by Gasteiger charge is -2.18. The average molecular weight is 375 g/mol. The number of Topliss-reactive ketones (excluding diaryl/α,β-unsaturated/α-hetero) is 2. The summed E-state index contributed by atoms with van der Waals surface area (Å²) in [4.78, 5) is 23.6. The summed E-state index contributed by atoms with van der Waals surface area (Å²) >= 11 is 2.24. The Kier molecular flexibility index (Phi) is 4.84. The van der Waals surface area contributed by atoms with Crippen LogP contribution in [0.25, 0.3) is 0 Å². The Morgan fingerprint density at radius 2 is 1.78 bits per heavy atom. The molecule has 1 aromatic carbocycles. The van der Waals surface area contributed by atoms with Crippen LogP contribution in [0.1, 0.15) is 30.1 Å². The Hall–Kier alpha value is -0.360. The van der Waals surface area contributed by atoms with Gasteiger partial charge in [0, 0.05) is 9.13 Å². The number of hydrogen-bond acceptors (Lipinski definition) is 2. The van der Waals surface area contributed by atoms with Gasteiger partial charge in [-0.15, -0.1) is 0 Å². The van der Waals surface area contributed by atoms with Crippen molar-refractivity contribution in [3.63, 3.8) is 0 Å². The fraction of sp³-hybridized carbons (Fsp3) is 0.429. The zero-order valence-corrected chi connectivity index (χ0v) is 13.3. The normalized spacial score (nSPS) is 18.7. The minimum atomic E-state index is 0.0539. The molecular weight excluding hydrogens is 359 g/mol. The van der Waals surface area contributed by atoms with Crippen LogP contribution in [0.15, 0.2) is 24.3 Å². The van der Waals surface area contributed by atoms with Crippen molar-refractivity contribution < 1.29 is 9.59 Å². The lowest BCUT2D eigenvalue weighted by molar-refractivity contribution is -0.118. The van der Waals surface area contributed by atoms with E-state index >= 15 is 0 Å². The lowest BCUT2D eigenvalue weighted by atomic mass is 10.1. The average Bonchev–Trinajstić information content (AvgIpc) is 2.39. The smallest absolute Gasteiger partial charge is 0.214 e. The van der Waals surface area contributed by atoms with E-state index in [0.29, 0.717) is 18.6 Å². The summed E-state index contributed by atoms with van der Waals surface area (Å²) in [6.45, 7) is 2.01. The van der Waals surface area contributed by atoms with Gasteiger partial charge in [-0.3, -0.25) is 9.59 Å². The van der Waals surface area contributed by atoms with E-state index in [2.05, 4.69) is 22.6 Å². The van der Waals surface area contributed by atoms with Gasteiger partial charge in [-0.2, -0.15) is 0 Å². The molecule has 1 atom stereocenters. The molecule has 2 rings (SSSR count). The van der Waals surface area contributed by atoms with Crippen molar-refractivity contribution in [2.24, 2.45) is 0 Å². The second-order valence-corrected chi connectivity index (χ2v) is 8.34. The van der Waals surface area contributed by atoms with E-state index in [0.717, 1.165) is 20.6 Å². The molecule has 1 fully saturated rings. The van der Waals surface area contributed by atoms with Crippen LogP contribution in [0.3, 0.4) is 0 Å². The minimum Gasteiger partial charge on any atom is -0.299 e. The van der Waals surface area contributed by atoms with Crippen molar-refractivity contribution >= 4 is 45.1 Å². The zero-order valence-electron chi connectivity index (χ0n) is 10.3. The van der Waals surface area contributed by atoms with Gasteiger partial charge < -0.3 is 0 Å². The fourth-order valence-electron chi connectivity index (χ4n) is 2.07. The maximum atomic E-state index is 12.4. The van der Waals surface area contributed by atoms with Gasteiger partial charge in [-0.05, 0) is 52.5 Å². The fourth-order valence-corrected chi connectivity index (χ4v) is 4.76. The third-order valence-corrected chi connectivity index (χ3v) is 6.67. The van der Waals surface area contributed by atoms with E-state index in [1.807, 2.05) is 31.2 Å². The van der Waals surface area contributed by atoms with Gasteiger partial charge in [0.15, 0.2) is 5.25 Å². The zero-order chi connectivity index (χ0) is 13.1. The predicted molar refractivity (Wildman–Crippen MR) is 84.3 cm³/mol. The first kappa shape index (κ1) is 14.1. The molecule has 0 amide bonds. The number of carbonyl (C=O) groups is 2. The maximum absolute atomic E-state index is 12.4. The molecule has 0 aliphatic carbocycles. The molecule has 4 heteroatoms. The van der Waals surface area contributed by atoms with E-state index in [4.69, 9.17) is 0 Å². The standard InChI is InChI=1S/C14H16IO2S/c1-10(18-8-6-13(16)7-9-18)14(17)11-2-4-12(15)5-3-11/h2-5,10H,6-9H2,1H3/q+1. The molecule has 0 aromatic heterocycles. The first-order valence-electron chi connectivity index (χ1n) is 6.05. The summed E-state index contributed by atoms with van der Waals surface area (Å²) < 4.78 is 1.14. The topological polar surface area (TPSA) is 34.1 Å². The van der Waals surface area contributed by atoms with Crippen molar-refractivity contribution in [3.05, 3.63) is 33.4 Å². The Labute approximate surface area is 124 Å². The van der Waals surface area contributed by atoms with Crippen LogP contribution >= 0.6 is 22.6 Å². The number of benzene rings is 1. The summed E-state index contributed by atoms with van der Waals surface area (Å²) in [7, 11) is 0.0817. The summed E-state index contributed by atoms with van der Waals surface area (Å²) in [6.07, 6.45) is 1.32. The first-order valence-corrected chi connectivity index (χ1v) is 8.76. The summed E-state index contributed by atoms with van der Waals surface area (Å²) in [6, 6.07) is 7.74. The van der Waals surface area contributed by atoms with Crippen molar-refractivity contribution in [1.82, 2.24) is 0 Å². The summed E-state index contributed by atoms with van der Waals surface area (Å²) in [5, 5.41) is 0.0539. The highest BCUT2D eigenvalue weighted by molar-refractivity contribution is 14.1. The molecule has 1 unspecified atom stereocenters.